The molecule has 0 radical (unpaired) electrons. The van der Waals surface area contributed by atoms with Crippen molar-refractivity contribution < 1.29 is 9.53 Å². The molecule has 0 aliphatic carbocycles. The zero-order valence-electron chi connectivity index (χ0n) is 15.1. The van der Waals surface area contributed by atoms with Crippen molar-refractivity contribution in [3.63, 3.8) is 0 Å². The van der Waals surface area contributed by atoms with Crippen LogP contribution in [0.3, 0.4) is 0 Å². The Bertz CT molecular complexity index is 1010. The van der Waals surface area contributed by atoms with Gasteiger partial charge in [0.2, 0.25) is 0 Å². The van der Waals surface area contributed by atoms with Gasteiger partial charge in [-0.3, -0.25) is 4.79 Å². The summed E-state index contributed by atoms with van der Waals surface area (Å²) in [5.74, 6) is 0.326. The Kier molecular flexibility index (Phi) is 4.28. The zero-order valence-corrected chi connectivity index (χ0v) is 15.1. The number of fused-ring (bicyclic) bond motifs is 3. The van der Waals surface area contributed by atoms with Crippen molar-refractivity contribution in [2.24, 2.45) is 0 Å². The number of nitrogens with one attached hydrogen (secondary N) is 3. The summed E-state index contributed by atoms with van der Waals surface area (Å²) in [6.45, 7) is 2.67. The average Bonchev–Trinajstić information content (AvgIpc) is 3.06. The maximum atomic E-state index is 12.6. The summed E-state index contributed by atoms with van der Waals surface area (Å²) in [4.78, 5) is 17.1. The molecule has 0 saturated carbocycles. The Labute approximate surface area is 155 Å². The lowest BCUT2D eigenvalue weighted by atomic mass is 10.1. The Morgan fingerprint density at radius 1 is 1.41 bits per heavy atom. The third-order valence-electron chi connectivity index (χ3n) is 4.40. The average molecular weight is 367 g/mol. The van der Waals surface area contributed by atoms with Crippen molar-refractivity contribution in [3.8, 4) is 0 Å². The van der Waals surface area contributed by atoms with E-state index in [1.165, 1.54) is 6.20 Å². The van der Waals surface area contributed by atoms with Crippen molar-refractivity contribution in [3.05, 3.63) is 41.7 Å². The molecule has 1 atom stereocenters. The predicted molar refractivity (Wildman–Crippen MR) is 103 cm³/mol. The van der Waals surface area contributed by atoms with Crippen molar-refractivity contribution >= 4 is 34.4 Å². The van der Waals surface area contributed by atoms with E-state index in [9.17, 15) is 4.79 Å². The second-order valence-electron chi connectivity index (χ2n) is 6.51. The van der Waals surface area contributed by atoms with Gasteiger partial charge >= 0.3 is 0 Å². The van der Waals surface area contributed by atoms with Gasteiger partial charge in [-0.1, -0.05) is 0 Å². The molecule has 4 rings (SSSR count). The highest BCUT2D eigenvalue weighted by atomic mass is 16.5. The van der Waals surface area contributed by atoms with E-state index in [0.717, 1.165) is 11.3 Å². The van der Waals surface area contributed by atoms with Crippen LogP contribution in [0, 0.1) is 0 Å². The first-order valence-corrected chi connectivity index (χ1v) is 8.65. The van der Waals surface area contributed by atoms with Crippen LogP contribution >= 0.6 is 0 Å². The molecule has 1 aliphatic rings. The normalized spacial score (nSPS) is 17.3. The van der Waals surface area contributed by atoms with Gasteiger partial charge in [0.25, 0.3) is 5.91 Å². The number of nitrogens with zero attached hydrogens (tertiary/aromatic N) is 3. The van der Waals surface area contributed by atoms with E-state index in [1.807, 2.05) is 26.1 Å². The molecule has 140 valence electrons. The van der Waals surface area contributed by atoms with Crippen LogP contribution < -0.4 is 21.7 Å². The minimum Gasteiger partial charge on any atom is -0.395 e. The Morgan fingerprint density at radius 2 is 2.26 bits per heavy atom. The van der Waals surface area contributed by atoms with Crippen LogP contribution in [0.4, 0.5) is 22.9 Å². The minimum atomic E-state index is -0.238. The SMILES string of the molecule is CNc1cc2cc(c1N)Nc1ccn3ncc(c3n1)C(=O)NC(C)COC2. The van der Waals surface area contributed by atoms with Gasteiger partial charge in [-0.2, -0.15) is 5.10 Å². The molecular formula is C18H21N7O2. The predicted octanol–water partition coefficient (Wildman–Crippen LogP) is 1.75. The van der Waals surface area contributed by atoms with Crippen molar-refractivity contribution in [1.82, 2.24) is 19.9 Å². The number of rotatable bonds is 1. The number of amides is 1. The molecule has 3 heterocycles. The van der Waals surface area contributed by atoms with Crippen molar-refractivity contribution in [1.29, 1.82) is 0 Å². The standard InChI is InChI=1S/C18H21N7O2/c1-10-8-27-9-11-5-13(20-2)16(19)14(6-11)23-15-3-4-25-17(24-15)12(7-21-25)18(26)22-10/h3-7,10,20H,8-9,19H2,1-2H3,(H,22,26)(H,23,24). The first-order valence-electron chi connectivity index (χ1n) is 8.65. The molecule has 9 nitrogen and oxygen atoms in total. The summed E-state index contributed by atoms with van der Waals surface area (Å²) in [7, 11) is 1.82. The van der Waals surface area contributed by atoms with Crippen LogP contribution in [0.25, 0.3) is 5.65 Å². The van der Waals surface area contributed by atoms with Gasteiger partial charge in [0.05, 0.1) is 36.5 Å². The summed E-state index contributed by atoms with van der Waals surface area (Å²) in [5, 5.41) is 13.4. The summed E-state index contributed by atoms with van der Waals surface area (Å²) in [5.41, 5.74) is 10.2. The monoisotopic (exact) mass is 367 g/mol. The molecule has 2 aromatic heterocycles. The number of carbonyl (C=O) groups excluding carboxylic acids is 1. The first-order chi connectivity index (χ1) is 13.0. The van der Waals surface area contributed by atoms with E-state index in [1.54, 1.807) is 16.8 Å². The lowest BCUT2D eigenvalue weighted by Gasteiger charge is -2.18. The minimum absolute atomic E-state index is 0.159. The molecule has 0 saturated heterocycles. The van der Waals surface area contributed by atoms with Gasteiger partial charge in [-0.25, -0.2) is 9.50 Å². The summed E-state index contributed by atoms with van der Waals surface area (Å²) < 4.78 is 7.34. The number of hydrogen-bond donors (Lipinski definition) is 4. The largest absolute Gasteiger partial charge is 0.395 e. The van der Waals surface area contributed by atoms with Crippen LogP contribution in [0.1, 0.15) is 22.8 Å². The van der Waals surface area contributed by atoms with Gasteiger partial charge in [-0.05, 0) is 30.7 Å². The molecule has 1 unspecified atom stereocenters. The van der Waals surface area contributed by atoms with E-state index in [0.29, 0.717) is 41.6 Å². The lowest BCUT2D eigenvalue weighted by molar-refractivity contribution is 0.0821. The Balaban J connectivity index is 1.84. The highest BCUT2D eigenvalue weighted by Gasteiger charge is 2.18. The second kappa shape index (κ2) is 6.76. The quantitative estimate of drug-likeness (QED) is 0.484. The van der Waals surface area contributed by atoms with Gasteiger partial charge in [-0.15, -0.1) is 0 Å². The van der Waals surface area contributed by atoms with Gasteiger partial charge in [0, 0.05) is 19.3 Å². The summed E-state index contributed by atoms with van der Waals surface area (Å²) in [6, 6.07) is 5.50. The molecule has 3 aromatic rings. The van der Waals surface area contributed by atoms with Crippen LogP contribution in [0.15, 0.2) is 30.6 Å². The lowest BCUT2D eigenvalue weighted by Crippen LogP contribution is -2.35. The number of aromatic nitrogens is 3. The molecule has 5 N–H and O–H groups in total. The third-order valence-corrected chi connectivity index (χ3v) is 4.40. The van der Waals surface area contributed by atoms with Gasteiger partial charge < -0.3 is 26.4 Å². The van der Waals surface area contributed by atoms with Crippen LogP contribution in [0.5, 0.6) is 0 Å². The number of ether oxygens (including phenoxy) is 1. The molecule has 1 aromatic carbocycles. The molecule has 1 amide bonds. The number of nitrogens with two attached hydrogens (primary N) is 1. The fourth-order valence-corrected chi connectivity index (χ4v) is 3.04. The number of hydrogen-bond acceptors (Lipinski definition) is 7. The number of benzene rings is 1. The molecule has 4 bridgehead atoms. The third kappa shape index (κ3) is 3.24. The zero-order chi connectivity index (χ0) is 19.0. The Hall–Kier alpha value is -3.33. The van der Waals surface area contributed by atoms with E-state index >= 15 is 0 Å². The highest BCUT2D eigenvalue weighted by molar-refractivity contribution is 6.00. The van der Waals surface area contributed by atoms with E-state index in [4.69, 9.17) is 10.5 Å². The molecule has 0 spiro atoms. The van der Waals surface area contributed by atoms with Crippen LogP contribution in [-0.4, -0.2) is 40.2 Å². The van der Waals surface area contributed by atoms with Crippen LogP contribution in [-0.2, 0) is 11.3 Å². The first kappa shape index (κ1) is 17.1. The Morgan fingerprint density at radius 3 is 3.07 bits per heavy atom. The highest BCUT2D eigenvalue weighted by Crippen LogP contribution is 2.32. The number of nitrogen functional groups attached to an aromatic ring is 1. The summed E-state index contributed by atoms with van der Waals surface area (Å²) in [6.07, 6.45) is 3.26. The van der Waals surface area contributed by atoms with Gasteiger partial charge in [0.15, 0.2) is 5.65 Å². The van der Waals surface area contributed by atoms with Crippen LogP contribution in [0.2, 0.25) is 0 Å². The van der Waals surface area contributed by atoms with E-state index in [-0.39, 0.29) is 11.9 Å². The maximum Gasteiger partial charge on any atom is 0.257 e. The smallest absolute Gasteiger partial charge is 0.257 e. The van der Waals surface area contributed by atoms with E-state index < -0.39 is 0 Å². The number of anilines is 4. The number of carbonyl (C=O) groups is 1. The van der Waals surface area contributed by atoms with E-state index in [2.05, 4.69) is 26.0 Å². The molecule has 9 heteroatoms. The topological polar surface area (TPSA) is 119 Å². The summed E-state index contributed by atoms with van der Waals surface area (Å²) >= 11 is 0. The second-order valence-corrected chi connectivity index (χ2v) is 6.51. The molecule has 27 heavy (non-hydrogen) atoms. The molecule has 0 fully saturated rings. The van der Waals surface area contributed by atoms with Gasteiger partial charge in [0.1, 0.15) is 11.4 Å². The molecular weight excluding hydrogens is 346 g/mol. The fraction of sp³-hybridized carbons (Fsp3) is 0.278. The molecule has 1 aliphatic heterocycles. The van der Waals surface area contributed by atoms with Crippen molar-refractivity contribution in [2.75, 3.05) is 30.0 Å². The van der Waals surface area contributed by atoms with Crippen molar-refractivity contribution in [2.45, 2.75) is 19.6 Å². The maximum absolute atomic E-state index is 12.6. The fourth-order valence-electron chi connectivity index (χ4n) is 3.04.